The zero-order chi connectivity index (χ0) is 19.2. The number of esters is 1. The molecule has 1 unspecified atom stereocenters. The molecule has 0 amide bonds. The van der Waals surface area contributed by atoms with Gasteiger partial charge < -0.3 is 10.1 Å². The lowest BCUT2D eigenvalue weighted by atomic mass is 9.79. The quantitative estimate of drug-likeness (QED) is 0.390. The summed E-state index contributed by atoms with van der Waals surface area (Å²) in [6.07, 6.45) is 5.40. The molecule has 0 aromatic rings. The standard InChI is InChI=1S/C20H30N2O4S/c1-12-3-8-16-17(11-21-9-10-22-27(24,25)14-5-6-14)20(23)26-19(16)18-13(2)4-7-15(12)18/h14-19,21-22H,1-11H2/t15-,16-,17?,18-,19-/m0/s1. The van der Waals surface area contributed by atoms with Crippen molar-refractivity contribution in [1.29, 1.82) is 0 Å². The number of allylic oxidation sites excluding steroid dienone is 1. The average Bonchev–Trinajstić information content (AvgIpc) is 3.37. The summed E-state index contributed by atoms with van der Waals surface area (Å²) in [4.78, 5) is 12.5. The van der Waals surface area contributed by atoms with Gasteiger partial charge in [-0.15, -0.1) is 0 Å². The summed E-state index contributed by atoms with van der Waals surface area (Å²) >= 11 is 0. The van der Waals surface area contributed by atoms with Crippen LogP contribution in [0.5, 0.6) is 0 Å². The molecular formula is C20H30N2O4S. The topological polar surface area (TPSA) is 84.5 Å². The molecule has 0 aromatic heterocycles. The van der Waals surface area contributed by atoms with Crippen LogP contribution in [-0.4, -0.2) is 45.4 Å². The van der Waals surface area contributed by atoms with E-state index >= 15 is 0 Å². The number of hydrogen-bond acceptors (Lipinski definition) is 5. The van der Waals surface area contributed by atoms with Crippen molar-refractivity contribution in [3.8, 4) is 0 Å². The van der Waals surface area contributed by atoms with Crippen LogP contribution < -0.4 is 10.0 Å². The maximum absolute atomic E-state index is 12.5. The van der Waals surface area contributed by atoms with E-state index in [-0.39, 0.29) is 35.1 Å². The van der Waals surface area contributed by atoms with Crippen molar-refractivity contribution in [3.05, 3.63) is 24.3 Å². The van der Waals surface area contributed by atoms with Crippen molar-refractivity contribution < 1.29 is 17.9 Å². The normalized spacial score (nSPS) is 36.3. The van der Waals surface area contributed by atoms with Crippen molar-refractivity contribution in [2.75, 3.05) is 19.6 Å². The fourth-order valence-corrected chi connectivity index (χ4v) is 6.50. The Labute approximate surface area is 161 Å². The summed E-state index contributed by atoms with van der Waals surface area (Å²) in [5.74, 6) is 0.528. The summed E-state index contributed by atoms with van der Waals surface area (Å²) in [6.45, 7) is 9.93. The molecule has 5 atom stereocenters. The minimum Gasteiger partial charge on any atom is -0.461 e. The molecule has 3 aliphatic carbocycles. The van der Waals surface area contributed by atoms with Crippen LogP contribution in [0.25, 0.3) is 0 Å². The van der Waals surface area contributed by atoms with Gasteiger partial charge in [-0.25, -0.2) is 13.1 Å². The SMILES string of the molecule is C=C1CC[C@H]2C(=C)CC[C@H]3C(CNCCNS(=O)(=O)C4CC4)C(=O)O[C@@H]3[C@@H]12. The molecule has 2 N–H and O–H groups in total. The van der Waals surface area contributed by atoms with Crippen molar-refractivity contribution in [1.82, 2.24) is 10.0 Å². The third kappa shape index (κ3) is 3.74. The Hall–Kier alpha value is -1.18. The van der Waals surface area contributed by atoms with Gasteiger partial charge in [-0.3, -0.25) is 4.79 Å². The zero-order valence-corrected chi connectivity index (χ0v) is 16.6. The van der Waals surface area contributed by atoms with E-state index in [2.05, 4.69) is 23.2 Å². The summed E-state index contributed by atoms with van der Waals surface area (Å²) in [5.41, 5.74) is 2.49. The number of sulfonamides is 1. The lowest BCUT2D eigenvalue weighted by Gasteiger charge is -2.27. The van der Waals surface area contributed by atoms with E-state index in [0.717, 1.165) is 38.5 Å². The molecule has 6 nitrogen and oxygen atoms in total. The third-order valence-corrected chi connectivity index (χ3v) is 8.74. The first-order chi connectivity index (χ1) is 12.9. The third-order valence-electron chi connectivity index (χ3n) is 6.78. The highest BCUT2D eigenvalue weighted by molar-refractivity contribution is 7.90. The Morgan fingerprint density at radius 3 is 2.52 bits per heavy atom. The van der Waals surface area contributed by atoms with Gasteiger partial charge in [0.15, 0.2) is 0 Å². The predicted molar refractivity (Wildman–Crippen MR) is 103 cm³/mol. The Morgan fingerprint density at radius 1 is 1.04 bits per heavy atom. The van der Waals surface area contributed by atoms with E-state index in [1.165, 1.54) is 11.1 Å². The van der Waals surface area contributed by atoms with Gasteiger partial charge in [0.1, 0.15) is 6.10 Å². The van der Waals surface area contributed by atoms with Gasteiger partial charge in [0.25, 0.3) is 0 Å². The molecule has 0 radical (unpaired) electrons. The molecule has 4 fully saturated rings. The van der Waals surface area contributed by atoms with Crippen LogP contribution in [0.2, 0.25) is 0 Å². The van der Waals surface area contributed by atoms with Crippen molar-refractivity contribution in [2.45, 2.75) is 49.9 Å². The molecule has 1 aliphatic heterocycles. The van der Waals surface area contributed by atoms with Gasteiger partial charge in [-0.2, -0.15) is 0 Å². The lowest BCUT2D eigenvalue weighted by Crippen LogP contribution is -2.38. The molecule has 0 aromatic carbocycles. The molecule has 27 heavy (non-hydrogen) atoms. The molecule has 0 spiro atoms. The Kier molecular flexibility index (Phi) is 5.20. The molecule has 4 aliphatic rings. The second-order valence-electron chi connectivity index (χ2n) is 8.54. The van der Waals surface area contributed by atoms with E-state index in [1.54, 1.807) is 0 Å². The molecule has 1 saturated heterocycles. The largest absolute Gasteiger partial charge is 0.461 e. The molecular weight excluding hydrogens is 364 g/mol. The first-order valence-electron chi connectivity index (χ1n) is 10.1. The maximum Gasteiger partial charge on any atom is 0.310 e. The second kappa shape index (κ2) is 7.33. The van der Waals surface area contributed by atoms with Gasteiger partial charge in [-0.05, 0) is 44.4 Å². The Bertz CT molecular complexity index is 743. The van der Waals surface area contributed by atoms with E-state index in [0.29, 0.717) is 25.6 Å². The molecule has 0 bridgehead atoms. The van der Waals surface area contributed by atoms with Crippen LogP contribution in [0.3, 0.4) is 0 Å². The Morgan fingerprint density at radius 2 is 1.78 bits per heavy atom. The summed E-state index contributed by atoms with van der Waals surface area (Å²) in [7, 11) is -3.14. The van der Waals surface area contributed by atoms with Crippen LogP contribution in [0, 0.1) is 23.7 Å². The van der Waals surface area contributed by atoms with Crippen LogP contribution in [0.1, 0.15) is 38.5 Å². The molecule has 150 valence electrons. The first-order valence-corrected chi connectivity index (χ1v) is 11.7. The molecule has 7 heteroatoms. The maximum atomic E-state index is 12.5. The fourth-order valence-electron chi connectivity index (χ4n) is 5.12. The van der Waals surface area contributed by atoms with Gasteiger partial charge >= 0.3 is 5.97 Å². The number of rotatable bonds is 7. The predicted octanol–water partition coefficient (Wildman–Crippen LogP) is 1.75. The number of hydrogen-bond donors (Lipinski definition) is 2. The van der Waals surface area contributed by atoms with Crippen molar-refractivity contribution in [2.24, 2.45) is 23.7 Å². The smallest absolute Gasteiger partial charge is 0.310 e. The minimum absolute atomic E-state index is 0.0723. The van der Waals surface area contributed by atoms with E-state index in [9.17, 15) is 13.2 Å². The zero-order valence-electron chi connectivity index (χ0n) is 15.8. The summed E-state index contributed by atoms with van der Waals surface area (Å²) < 4.78 is 32.1. The fraction of sp³-hybridized carbons (Fsp3) is 0.750. The molecule has 3 saturated carbocycles. The van der Waals surface area contributed by atoms with Crippen LogP contribution in [0.4, 0.5) is 0 Å². The van der Waals surface area contributed by atoms with Crippen LogP contribution in [0.15, 0.2) is 24.3 Å². The van der Waals surface area contributed by atoms with E-state index in [4.69, 9.17) is 4.74 Å². The number of nitrogens with one attached hydrogen (secondary N) is 2. The highest BCUT2D eigenvalue weighted by Crippen LogP contribution is 2.52. The van der Waals surface area contributed by atoms with Crippen molar-refractivity contribution in [3.63, 3.8) is 0 Å². The van der Waals surface area contributed by atoms with Gasteiger partial charge in [0, 0.05) is 31.5 Å². The number of fused-ring (bicyclic) bond motifs is 3. The first kappa shape index (κ1) is 19.2. The van der Waals surface area contributed by atoms with E-state index < -0.39 is 10.0 Å². The molecule has 1 heterocycles. The van der Waals surface area contributed by atoms with Gasteiger partial charge in [-0.1, -0.05) is 24.3 Å². The highest BCUT2D eigenvalue weighted by Gasteiger charge is 2.53. The van der Waals surface area contributed by atoms with E-state index in [1.807, 2.05) is 0 Å². The van der Waals surface area contributed by atoms with Gasteiger partial charge in [0.05, 0.1) is 11.2 Å². The average molecular weight is 395 g/mol. The lowest BCUT2D eigenvalue weighted by molar-refractivity contribution is -0.145. The van der Waals surface area contributed by atoms with Crippen LogP contribution >= 0.6 is 0 Å². The second-order valence-corrected chi connectivity index (χ2v) is 10.6. The summed E-state index contributed by atoms with van der Waals surface area (Å²) in [6, 6.07) is 0. The number of carbonyl (C=O) groups excluding carboxylic acids is 1. The Balaban J connectivity index is 1.33. The van der Waals surface area contributed by atoms with Crippen LogP contribution in [-0.2, 0) is 19.6 Å². The summed E-state index contributed by atoms with van der Waals surface area (Å²) in [5, 5.41) is 3.05. The highest BCUT2D eigenvalue weighted by atomic mass is 32.2. The van der Waals surface area contributed by atoms with Crippen molar-refractivity contribution >= 4 is 16.0 Å². The number of carbonyl (C=O) groups is 1. The molecule has 4 rings (SSSR count). The van der Waals surface area contributed by atoms with Gasteiger partial charge in [0.2, 0.25) is 10.0 Å². The minimum atomic E-state index is -3.14. The number of ether oxygens (including phenoxy) is 1. The monoisotopic (exact) mass is 394 g/mol.